The van der Waals surface area contributed by atoms with Gasteiger partial charge in [-0.05, 0) is 33.8 Å². The third-order valence-electron chi connectivity index (χ3n) is 9.21. The first-order valence-corrected chi connectivity index (χ1v) is 17.6. The van der Waals surface area contributed by atoms with Crippen LogP contribution in [0.3, 0.4) is 0 Å². The predicted octanol–water partition coefficient (Wildman–Crippen LogP) is 6.22. The topological polar surface area (TPSA) is 60.5 Å². The van der Waals surface area contributed by atoms with Gasteiger partial charge in [0.1, 0.15) is 0 Å². The van der Waals surface area contributed by atoms with Gasteiger partial charge in [-0.15, -0.1) is 0 Å². The Morgan fingerprint density at radius 3 is 1.98 bits per heavy atom. The summed E-state index contributed by atoms with van der Waals surface area (Å²) in [6, 6.07) is 31.7. The van der Waals surface area contributed by atoms with E-state index < -0.39 is 20.2 Å². The number of aliphatic hydroxyl groups is 1. The summed E-state index contributed by atoms with van der Waals surface area (Å²) in [4.78, 5) is 0. The zero-order valence-electron chi connectivity index (χ0n) is 25.9. The molecular weight excluding hydrogens is 540 g/mol. The lowest BCUT2D eigenvalue weighted by molar-refractivity contribution is -0.253. The average molecular weight is 589 g/mol. The second-order valence-electron chi connectivity index (χ2n) is 12.9. The van der Waals surface area contributed by atoms with Gasteiger partial charge in [0.05, 0.1) is 24.9 Å². The second kappa shape index (κ2) is 13.1. The molecular formula is C36H48O5Si. The number of ether oxygens (including phenoxy) is 3. The van der Waals surface area contributed by atoms with E-state index in [-0.39, 0.29) is 29.3 Å². The van der Waals surface area contributed by atoms with Gasteiger partial charge in [-0.2, -0.15) is 0 Å². The van der Waals surface area contributed by atoms with Crippen molar-refractivity contribution in [2.75, 3.05) is 6.61 Å². The molecule has 3 aromatic rings. The fraction of sp³-hybridized carbons (Fsp3) is 0.500. The lowest BCUT2D eigenvalue weighted by Crippen LogP contribution is -2.67. The highest BCUT2D eigenvalue weighted by Gasteiger charge is 2.69. The van der Waals surface area contributed by atoms with Gasteiger partial charge in [0.2, 0.25) is 0 Å². The minimum Gasteiger partial charge on any atom is -0.407 e. The van der Waals surface area contributed by atoms with Crippen molar-refractivity contribution in [1.82, 2.24) is 0 Å². The van der Waals surface area contributed by atoms with Crippen molar-refractivity contribution >= 4 is 18.7 Å². The summed E-state index contributed by atoms with van der Waals surface area (Å²) in [6.07, 6.45) is 1.85. The number of aliphatic hydroxyl groups excluding tert-OH is 1. The molecule has 1 N–H and O–H groups in total. The summed E-state index contributed by atoms with van der Waals surface area (Å²) in [5.41, 5.74) is 0.314. The third kappa shape index (κ3) is 6.03. The maximum absolute atomic E-state index is 11.4. The summed E-state index contributed by atoms with van der Waals surface area (Å²) >= 11 is 0. The molecule has 5 nitrogen and oxygen atoms in total. The van der Waals surface area contributed by atoms with Crippen LogP contribution in [-0.4, -0.2) is 50.2 Å². The van der Waals surface area contributed by atoms with E-state index >= 15 is 0 Å². The molecule has 2 fully saturated rings. The van der Waals surface area contributed by atoms with E-state index in [0.717, 1.165) is 24.8 Å². The van der Waals surface area contributed by atoms with Crippen LogP contribution in [0.5, 0.6) is 0 Å². The lowest BCUT2D eigenvalue weighted by atomic mass is 9.84. The van der Waals surface area contributed by atoms with E-state index in [1.54, 1.807) is 0 Å². The fourth-order valence-corrected chi connectivity index (χ4v) is 11.6. The van der Waals surface area contributed by atoms with Crippen molar-refractivity contribution in [1.29, 1.82) is 0 Å². The Hall–Kier alpha value is -2.32. The first-order chi connectivity index (χ1) is 20.3. The molecule has 2 heterocycles. The summed E-state index contributed by atoms with van der Waals surface area (Å²) in [6.45, 7) is 12.2. The van der Waals surface area contributed by atoms with Crippen LogP contribution in [0.25, 0.3) is 0 Å². The maximum Gasteiger partial charge on any atom is 0.261 e. The van der Waals surface area contributed by atoms with Crippen molar-refractivity contribution in [3.8, 4) is 0 Å². The maximum atomic E-state index is 11.4. The fourth-order valence-electron chi connectivity index (χ4n) is 7.01. The second-order valence-corrected chi connectivity index (χ2v) is 17.2. The van der Waals surface area contributed by atoms with Crippen LogP contribution < -0.4 is 10.4 Å². The van der Waals surface area contributed by atoms with Gasteiger partial charge < -0.3 is 23.7 Å². The Balaban J connectivity index is 1.42. The molecule has 226 valence electrons. The van der Waals surface area contributed by atoms with Crippen molar-refractivity contribution in [3.63, 3.8) is 0 Å². The van der Waals surface area contributed by atoms with Crippen LogP contribution in [0.4, 0.5) is 0 Å². The molecule has 0 amide bonds. The van der Waals surface area contributed by atoms with E-state index in [2.05, 4.69) is 107 Å². The van der Waals surface area contributed by atoms with Crippen molar-refractivity contribution in [2.45, 2.75) is 102 Å². The SMILES string of the molecule is CCC[C@@H](CO[Si](c1ccccc1)(c1ccccc1)C(C)(C)C)[C@@H]1C[C@H](OCc2ccccc2)[C@@]2(O[C@@H]2CC)[C@@H](O)O1. The van der Waals surface area contributed by atoms with E-state index in [1.165, 1.54) is 10.4 Å². The quantitative estimate of drug-likeness (QED) is 0.201. The molecule has 0 radical (unpaired) electrons. The zero-order valence-corrected chi connectivity index (χ0v) is 26.9. The first-order valence-electron chi connectivity index (χ1n) is 15.7. The molecule has 0 aromatic heterocycles. The van der Waals surface area contributed by atoms with Crippen LogP contribution in [-0.2, 0) is 25.2 Å². The Kier molecular flexibility index (Phi) is 9.72. The number of benzene rings is 3. The van der Waals surface area contributed by atoms with E-state index in [0.29, 0.717) is 19.6 Å². The normalized spacial score (nSPS) is 26.7. The van der Waals surface area contributed by atoms with Gasteiger partial charge in [-0.1, -0.05) is 132 Å². The van der Waals surface area contributed by atoms with Crippen molar-refractivity contribution in [3.05, 3.63) is 96.6 Å². The van der Waals surface area contributed by atoms with E-state index in [4.69, 9.17) is 18.6 Å². The Bertz CT molecular complexity index is 1210. The summed E-state index contributed by atoms with van der Waals surface area (Å²) in [5.74, 6) is 0.102. The monoisotopic (exact) mass is 588 g/mol. The van der Waals surface area contributed by atoms with Gasteiger partial charge in [0.25, 0.3) is 8.32 Å². The van der Waals surface area contributed by atoms with Gasteiger partial charge in [0, 0.05) is 18.9 Å². The number of hydrogen-bond acceptors (Lipinski definition) is 5. The van der Waals surface area contributed by atoms with Crippen molar-refractivity contribution < 1.29 is 23.7 Å². The van der Waals surface area contributed by atoms with Crippen LogP contribution in [0.15, 0.2) is 91.0 Å². The zero-order chi connectivity index (χ0) is 29.8. The molecule has 3 aromatic carbocycles. The third-order valence-corrected chi connectivity index (χ3v) is 14.2. The number of hydrogen-bond donors (Lipinski definition) is 1. The summed E-state index contributed by atoms with van der Waals surface area (Å²) in [7, 11) is -2.70. The molecule has 5 rings (SSSR count). The highest BCUT2D eigenvalue weighted by molar-refractivity contribution is 6.99. The van der Waals surface area contributed by atoms with Gasteiger partial charge >= 0.3 is 0 Å². The van der Waals surface area contributed by atoms with Crippen LogP contribution in [0.2, 0.25) is 5.04 Å². The minimum atomic E-state index is -2.70. The van der Waals surface area contributed by atoms with Crippen LogP contribution in [0.1, 0.15) is 65.9 Å². The van der Waals surface area contributed by atoms with Gasteiger partial charge in [-0.25, -0.2) is 0 Å². The average Bonchev–Trinajstić information content (AvgIpc) is 3.74. The number of epoxide rings is 1. The Morgan fingerprint density at radius 2 is 1.48 bits per heavy atom. The van der Waals surface area contributed by atoms with Gasteiger partial charge in [0.15, 0.2) is 11.9 Å². The van der Waals surface area contributed by atoms with E-state index in [9.17, 15) is 5.11 Å². The highest BCUT2D eigenvalue weighted by Crippen LogP contribution is 2.51. The molecule has 42 heavy (non-hydrogen) atoms. The van der Waals surface area contributed by atoms with E-state index in [1.807, 2.05) is 18.2 Å². The molecule has 0 unspecified atom stereocenters. The molecule has 1 spiro atoms. The summed E-state index contributed by atoms with van der Waals surface area (Å²) < 4.78 is 26.5. The van der Waals surface area contributed by atoms with Gasteiger partial charge in [-0.3, -0.25) is 0 Å². The van der Waals surface area contributed by atoms with Crippen LogP contribution >= 0.6 is 0 Å². The minimum absolute atomic E-state index is 0.0628. The molecule has 0 aliphatic carbocycles. The lowest BCUT2D eigenvalue weighted by Gasteiger charge is -2.45. The molecule has 2 aliphatic heterocycles. The number of rotatable bonds is 12. The molecule has 2 saturated heterocycles. The largest absolute Gasteiger partial charge is 0.407 e. The first kappa shape index (κ1) is 31.1. The molecule has 6 heteroatoms. The molecule has 2 aliphatic rings. The van der Waals surface area contributed by atoms with Crippen molar-refractivity contribution in [2.24, 2.45) is 5.92 Å². The van der Waals surface area contributed by atoms with Crippen LogP contribution in [0, 0.1) is 5.92 Å². The Morgan fingerprint density at radius 1 is 0.905 bits per heavy atom. The predicted molar refractivity (Wildman–Crippen MR) is 170 cm³/mol. The summed E-state index contributed by atoms with van der Waals surface area (Å²) in [5, 5.41) is 13.8. The smallest absolute Gasteiger partial charge is 0.261 e. The Labute approximate surface area is 253 Å². The highest BCUT2D eigenvalue weighted by atomic mass is 28.4. The molecule has 0 saturated carbocycles. The molecule has 0 bridgehead atoms. The molecule has 6 atom stereocenters. The standard InChI is InChI=1S/C36H48O5Si/c1-6-17-28(26-39-42(35(3,4)5,29-20-13-9-14-21-29)30-22-15-10-16-23-30)31-24-33(38-25-27-18-11-8-12-19-27)36(34(37)40-31)32(7-2)41-36/h8-16,18-23,28,31-34,37H,6-7,17,24-26H2,1-5H3/t28-,31-,32+,33-,34-,36+/m0/s1.